The fraction of sp³-hybridized carbons (Fsp3) is 0.111. The molecule has 10 heavy (non-hydrogen) atoms. The summed E-state index contributed by atoms with van der Waals surface area (Å²) in [5.74, 6) is 0. The third-order valence-corrected chi connectivity index (χ3v) is 2.24. The molecular weight excluding hydrogens is 188 g/mol. The Hall–Kier alpha value is -0.560. The molecule has 1 heteroatoms. The predicted octanol–water partition coefficient (Wildman–Crippen LogP) is 3.02. The molecule has 0 heterocycles. The molecule has 1 aromatic carbocycles. The van der Waals surface area contributed by atoms with Crippen molar-refractivity contribution in [2.24, 2.45) is 0 Å². The molecule has 0 amide bonds. The standard InChI is InChI=1S/C9H7Br/c10-9-5-4-7-2-1-3-8(7)6-9/h1,3-6H,2H2. The largest absolute Gasteiger partial charge is 0.0795 e. The summed E-state index contributed by atoms with van der Waals surface area (Å²) >= 11 is 3.43. The lowest BCUT2D eigenvalue weighted by Crippen LogP contribution is -1.78. The molecule has 0 bridgehead atoms. The zero-order chi connectivity index (χ0) is 6.97. The number of benzene rings is 1. The van der Waals surface area contributed by atoms with Crippen molar-refractivity contribution in [2.45, 2.75) is 6.42 Å². The molecule has 0 atom stereocenters. The van der Waals surface area contributed by atoms with Gasteiger partial charge in [0.25, 0.3) is 0 Å². The van der Waals surface area contributed by atoms with Crippen LogP contribution in [0.15, 0.2) is 28.7 Å². The maximum Gasteiger partial charge on any atom is 0.0181 e. The van der Waals surface area contributed by atoms with Gasteiger partial charge in [0.15, 0.2) is 0 Å². The van der Waals surface area contributed by atoms with E-state index in [1.54, 1.807) is 0 Å². The van der Waals surface area contributed by atoms with E-state index in [1.807, 2.05) is 0 Å². The second-order valence-corrected chi connectivity index (χ2v) is 3.37. The first-order valence-corrected chi connectivity index (χ1v) is 4.10. The van der Waals surface area contributed by atoms with Crippen LogP contribution in [0.1, 0.15) is 11.1 Å². The Morgan fingerprint density at radius 1 is 1.30 bits per heavy atom. The molecule has 0 spiro atoms. The van der Waals surface area contributed by atoms with Gasteiger partial charge in [-0.15, -0.1) is 0 Å². The summed E-state index contributed by atoms with van der Waals surface area (Å²) in [4.78, 5) is 0. The minimum Gasteiger partial charge on any atom is -0.0795 e. The van der Waals surface area contributed by atoms with Gasteiger partial charge in [0.05, 0.1) is 0 Å². The maximum absolute atomic E-state index is 3.43. The van der Waals surface area contributed by atoms with Gasteiger partial charge in [0.1, 0.15) is 0 Å². The Kier molecular flexibility index (Phi) is 1.38. The first-order chi connectivity index (χ1) is 4.86. The van der Waals surface area contributed by atoms with Crippen molar-refractivity contribution in [2.75, 3.05) is 0 Å². The number of fused-ring (bicyclic) bond motifs is 1. The van der Waals surface area contributed by atoms with Crippen molar-refractivity contribution in [1.82, 2.24) is 0 Å². The third kappa shape index (κ3) is 0.907. The first-order valence-electron chi connectivity index (χ1n) is 3.31. The van der Waals surface area contributed by atoms with E-state index in [2.05, 4.69) is 46.3 Å². The smallest absolute Gasteiger partial charge is 0.0181 e. The number of rotatable bonds is 0. The summed E-state index contributed by atoms with van der Waals surface area (Å²) in [6.45, 7) is 0. The van der Waals surface area contributed by atoms with E-state index < -0.39 is 0 Å². The molecule has 0 saturated carbocycles. The molecular formula is C9H7Br. The van der Waals surface area contributed by atoms with Gasteiger partial charge in [0, 0.05) is 4.47 Å². The minimum absolute atomic E-state index is 1.10. The summed E-state index contributed by atoms with van der Waals surface area (Å²) in [6, 6.07) is 6.41. The highest BCUT2D eigenvalue weighted by molar-refractivity contribution is 9.10. The van der Waals surface area contributed by atoms with Crippen LogP contribution in [-0.2, 0) is 6.42 Å². The molecule has 1 aromatic rings. The van der Waals surface area contributed by atoms with Gasteiger partial charge >= 0.3 is 0 Å². The zero-order valence-electron chi connectivity index (χ0n) is 5.47. The lowest BCUT2D eigenvalue weighted by Gasteiger charge is -1.96. The van der Waals surface area contributed by atoms with Crippen LogP contribution >= 0.6 is 15.9 Å². The van der Waals surface area contributed by atoms with Crippen molar-refractivity contribution in [3.05, 3.63) is 39.9 Å². The van der Waals surface area contributed by atoms with E-state index in [-0.39, 0.29) is 0 Å². The van der Waals surface area contributed by atoms with Crippen LogP contribution in [0.25, 0.3) is 6.08 Å². The fourth-order valence-corrected chi connectivity index (χ4v) is 1.60. The van der Waals surface area contributed by atoms with E-state index in [9.17, 15) is 0 Å². The van der Waals surface area contributed by atoms with Crippen LogP contribution in [-0.4, -0.2) is 0 Å². The summed E-state index contributed by atoms with van der Waals surface area (Å²) in [5.41, 5.74) is 2.79. The van der Waals surface area contributed by atoms with Crippen LogP contribution in [0.5, 0.6) is 0 Å². The second kappa shape index (κ2) is 2.24. The molecule has 0 nitrogen and oxygen atoms in total. The summed E-state index contributed by atoms with van der Waals surface area (Å²) < 4.78 is 1.16. The van der Waals surface area contributed by atoms with Crippen LogP contribution in [0.3, 0.4) is 0 Å². The Balaban J connectivity index is 2.60. The predicted molar refractivity (Wildman–Crippen MR) is 46.9 cm³/mol. The highest BCUT2D eigenvalue weighted by Crippen LogP contribution is 2.22. The van der Waals surface area contributed by atoms with Crippen LogP contribution in [0, 0.1) is 0 Å². The Morgan fingerprint density at radius 2 is 2.20 bits per heavy atom. The third-order valence-electron chi connectivity index (χ3n) is 1.74. The molecule has 1 aliphatic carbocycles. The lowest BCUT2D eigenvalue weighted by molar-refractivity contribution is 1.31. The van der Waals surface area contributed by atoms with Crippen LogP contribution < -0.4 is 0 Å². The number of hydrogen-bond donors (Lipinski definition) is 0. The van der Waals surface area contributed by atoms with Gasteiger partial charge in [0.2, 0.25) is 0 Å². The molecule has 0 saturated heterocycles. The van der Waals surface area contributed by atoms with E-state index in [1.165, 1.54) is 11.1 Å². The Bertz CT molecular complexity index is 287. The highest BCUT2D eigenvalue weighted by atomic mass is 79.9. The summed E-state index contributed by atoms with van der Waals surface area (Å²) in [7, 11) is 0. The number of hydrogen-bond acceptors (Lipinski definition) is 0. The second-order valence-electron chi connectivity index (χ2n) is 2.45. The van der Waals surface area contributed by atoms with Gasteiger partial charge in [-0.05, 0) is 29.7 Å². The fourth-order valence-electron chi connectivity index (χ4n) is 1.22. The normalized spacial score (nSPS) is 13.7. The quantitative estimate of drug-likeness (QED) is 0.596. The molecule has 0 aromatic heterocycles. The van der Waals surface area contributed by atoms with E-state index in [4.69, 9.17) is 0 Å². The number of allylic oxidation sites excluding steroid dienone is 1. The zero-order valence-corrected chi connectivity index (χ0v) is 7.06. The lowest BCUT2D eigenvalue weighted by atomic mass is 10.1. The molecule has 2 rings (SSSR count). The molecule has 0 radical (unpaired) electrons. The summed E-state index contributed by atoms with van der Waals surface area (Å²) in [6.07, 6.45) is 5.46. The molecule has 0 aliphatic heterocycles. The molecule has 0 N–H and O–H groups in total. The van der Waals surface area contributed by atoms with E-state index >= 15 is 0 Å². The maximum atomic E-state index is 3.43. The van der Waals surface area contributed by atoms with Crippen molar-refractivity contribution in [1.29, 1.82) is 0 Å². The minimum atomic E-state index is 1.10. The summed E-state index contributed by atoms with van der Waals surface area (Å²) in [5, 5.41) is 0. The monoisotopic (exact) mass is 194 g/mol. The van der Waals surface area contributed by atoms with Crippen molar-refractivity contribution in [3.8, 4) is 0 Å². The van der Waals surface area contributed by atoms with Crippen LogP contribution in [0.2, 0.25) is 0 Å². The first kappa shape index (κ1) is 6.17. The average molecular weight is 195 g/mol. The highest BCUT2D eigenvalue weighted by Gasteiger charge is 2.03. The molecule has 50 valence electrons. The van der Waals surface area contributed by atoms with Gasteiger partial charge in [-0.3, -0.25) is 0 Å². The Morgan fingerprint density at radius 3 is 3.10 bits per heavy atom. The van der Waals surface area contributed by atoms with Crippen molar-refractivity contribution in [3.63, 3.8) is 0 Å². The van der Waals surface area contributed by atoms with E-state index in [0.717, 1.165) is 10.9 Å². The van der Waals surface area contributed by atoms with Crippen molar-refractivity contribution >= 4 is 22.0 Å². The van der Waals surface area contributed by atoms with E-state index in [0.29, 0.717) is 0 Å². The van der Waals surface area contributed by atoms with Gasteiger partial charge in [-0.2, -0.15) is 0 Å². The SMILES string of the molecule is Brc1ccc2c(c1)C=CC2. The average Bonchev–Trinajstić information content (AvgIpc) is 2.33. The van der Waals surface area contributed by atoms with Crippen LogP contribution in [0.4, 0.5) is 0 Å². The van der Waals surface area contributed by atoms with Gasteiger partial charge in [-0.1, -0.05) is 34.1 Å². The molecule has 0 fully saturated rings. The molecule has 1 aliphatic rings. The Labute approximate surface area is 68.7 Å². The van der Waals surface area contributed by atoms with Gasteiger partial charge < -0.3 is 0 Å². The van der Waals surface area contributed by atoms with Gasteiger partial charge in [-0.25, -0.2) is 0 Å². The topological polar surface area (TPSA) is 0 Å². The number of halogens is 1. The molecule has 0 unspecified atom stereocenters. The van der Waals surface area contributed by atoms with Crippen molar-refractivity contribution < 1.29 is 0 Å².